The van der Waals surface area contributed by atoms with Crippen LogP contribution in [0.3, 0.4) is 0 Å². The van der Waals surface area contributed by atoms with Gasteiger partial charge in [-0.1, -0.05) is 0 Å². The highest BCUT2D eigenvalue weighted by atomic mass is 15.3. The number of aromatic nitrogens is 3. The van der Waals surface area contributed by atoms with Gasteiger partial charge in [0, 0.05) is 25.1 Å². The molecule has 2 aromatic heterocycles. The molecule has 0 amide bonds. The van der Waals surface area contributed by atoms with Gasteiger partial charge < -0.3 is 10.6 Å². The van der Waals surface area contributed by atoms with E-state index in [1.54, 1.807) is 17.1 Å². The van der Waals surface area contributed by atoms with Gasteiger partial charge in [0.2, 0.25) is 0 Å². The van der Waals surface area contributed by atoms with E-state index < -0.39 is 0 Å². The summed E-state index contributed by atoms with van der Waals surface area (Å²) in [6, 6.07) is 5.91. The summed E-state index contributed by atoms with van der Waals surface area (Å²) < 4.78 is 1.79. The van der Waals surface area contributed by atoms with Gasteiger partial charge in [-0.3, -0.25) is 0 Å². The third kappa shape index (κ3) is 2.93. The number of hydrogen-bond acceptors (Lipinski definition) is 4. The zero-order valence-corrected chi connectivity index (χ0v) is 10.9. The lowest BCUT2D eigenvalue weighted by molar-refractivity contribution is 0.393. The van der Waals surface area contributed by atoms with Crippen molar-refractivity contribution in [1.29, 1.82) is 0 Å². The molecule has 5 nitrogen and oxygen atoms in total. The van der Waals surface area contributed by atoms with Crippen LogP contribution in [0.15, 0.2) is 36.8 Å². The smallest absolute Gasteiger partial charge is 0.176 e. The lowest BCUT2D eigenvalue weighted by Gasteiger charge is -2.23. The molecule has 1 unspecified atom stereocenters. The van der Waals surface area contributed by atoms with Crippen LogP contribution in [0.1, 0.15) is 12.8 Å². The van der Waals surface area contributed by atoms with Gasteiger partial charge in [0.05, 0.1) is 5.69 Å². The van der Waals surface area contributed by atoms with Crippen LogP contribution < -0.4 is 10.6 Å². The highest BCUT2D eigenvalue weighted by Crippen LogP contribution is 2.18. The third-order valence-corrected chi connectivity index (χ3v) is 3.49. The summed E-state index contributed by atoms with van der Waals surface area (Å²) in [5.74, 6) is 1.55. The van der Waals surface area contributed by atoms with E-state index in [4.69, 9.17) is 0 Å². The Bertz CT molecular complexity index is 502. The fraction of sp³-hybridized carbons (Fsp3) is 0.429. The van der Waals surface area contributed by atoms with Gasteiger partial charge in [-0.15, -0.1) is 0 Å². The summed E-state index contributed by atoms with van der Waals surface area (Å²) in [6.07, 6.45) is 8.03. The van der Waals surface area contributed by atoms with E-state index in [1.165, 1.54) is 12.8 Å². The van der Waals surface area contributed by atoms with Crippen molar-refractivity contribution in [3.63, 3.8) is 0 Å². The minimum atomic E-state index is 0.694. The summed E-state index contributed by atoms with van der Waals surface area (Å²) >= 11 is 0. The molecule has 0 aliphatic carbocycles. The molecule has 1 aliphatic rings. The van der Waals surface area contributed by atoms with E-state index in [9.17, 15) is 0 Å². The Kier molecular flexibility index (Phi) is 3.74. The molecular weight excluding hydrogens is 238 g/mol. The Morgan fingerprint density at radius 3 is 3.16 bits per heavy atom. The first-order chi connectivity index (χ1) is 9.43. The fourth-order valence-electron chi connectivity index (χ4n) is 2.46. The number of rotatable bonds is 4. The Balaban J connectivity index is 1.70. The molecule has 3 rings (SSSR count). The molecule has 100 valence electrons. The van der Waals surface area contributed by atoms with E-state index >= 15 is 0 Å². The average Bonchev–Trinajstić information content (AvgIpc) is 3.01. The van der Waals surface area contributed by atoms with E-state index in [0.29, 0.717) is 5.92 Å². The van der Waals surface area contributed by atoms with Crippen LogP contribution in [-0.2, 0) is 0 Å². The summed E-state index contributed by atoms with van der Waals surface area (Å²) in [4.78, 5) is 4.41. The highest BCUT2D eigenvalue weighted by Gasteiger charge is 2.13. The van der Waals surface area contributed by atoms with Crippen molar-refractivity contribution < 1.29 is 0 Å². The van der Waals surface area contributed by atoms with Gasteiger partial charge in [0.25, 0.3) is 0 Å². The molecule has 1 atom stereocenters. The third-order valence-electron chi connectivity index (χ3n) is 3.49. The summed E-state index contributed by atoms with van der Waals surface area (Å²) in [7, 11) is 0. The lowest BCUT2D eigenvalue weighted by Crippen LogP contribution is -2.33. The molecule has 0 radical (unpaired) electrons. The van der Waals surface area contributed by atoms with Crippen LogP contribution in [0.5, 0.6) is 0 Å². The molecule has 1 saturated heterocycles. The Hall–Kier alpha value is -1.88. The van der Waals surface area contributed by atoms with Crippen LogP contribution in [0.4, 0.5) is 5.69 Å². The maximum Gasteiger partial charge on any atom is 0.176 e. The monoisotopic (exact) mass is 257 g/mol. The molecule has 0 spiro atoms. The van der Waals surface area contributed by atoms with E-state index in [-0.39, 0.29) is 0 Å². The maximum absolute atomic E-state index is 4.41. The fourth-order valence-corrected chi connectivity index (χ4v) is 2.46. The van der Waals surface area contributed by atoms with E-state index in [1.807, 2.05) is 18.3 Å². The van der Waals surface area contributed by atoms with Crippen LogP contribution in [-0.4, -0.2) is 34.4 Å². The van der Waals surface area contributed by atoms with Crippen LogP contribution >= 0.6 is 0 Å². The van der Waals surface area contributed by atoms with Crippen molar-refractivity contribution in [1.82, 2.24) is 20.1 Å². The molecule has 3 heterocycles. The van der Waals surface area contributed by atoms with Gasteiger partial charge in [-0.2, -0.15) is 5.10 Å². The Morgan fingerprint density at radius 2 is 2.37 bits per heavy atom. The summed E-state index contributed by atoms with van der Waals surface area (Å²) in [6.45, 7) is 3.24. The number of hydrogen-bond donors (Lipinski definition) is 2. The molecule has 2 aromatic rings. The standard InChI is InChI=1S/C14H19N5/c1-4-12(10-15-6-1)11-17-13-5-2-7-16-14(13)19-9-3-8-18-19/h2-3,5,7-9,12,15,17H,1,4,6,10-11H2. The molecular formula is C14H19N5. The number of anilines is 1. The summed E-state index contributed by atoms with van der Waals surface area (Å²) in [5, 5.41) is 11.2. The second-order valence-electron chi connectivity index (χ2n) is 4.92. The maximum atomic E-state index is 4.41. The lowest BCUT2D eigenvalue weighted by atomic mass is 10.00. The van der Waals surface area contributed by atoms with Gasteiger partial charge in [-0.05, 0) is 50.0 Å². The molecule has 0 bridgehead atoms. The molecule has 1 aliphatic heterocycles. The Labute approximate surface area is 113 Å². The average molecular weight is 257 g/mol. The summed E-state index contributed by atoms with van der Waals surface area (Å²) in [5.41, 5.74) is 1.04. The van der Waals surface area contributed by atoms with Gasteiger partial charge >= 0.3 is 0 Å². The quantitative estimate of drug-likeness (QED) is 0.875. The van der Waals surface area contributed by atoms with Gasteiger partial charge in [0.15, 0.2) is 5.82 Å². The Morgan fingerprint density at radius 1 is 1.37 bits per heavy atom. The molecule has 19 heavy (non-hydrogen) atoms. The highest BCUT2D eigenvalue weighted by molar-refractivity contribution is 5.56. The van der Waals surface area contributed by atoms with Crippen molar-refractivity contribution in [2.75, 3.05) is 25.0 Å². The molecule has 2 N–H and O–H groups in total. The minimum absolute atomic E-state index is 0.694. The molecule has 5 heteroatoms. The topological polar surface area (TPSA) is 54.8 Å². The normalized spacial score (nSPS) is 19.3. The first-order valence-corrected chi connectivity index (χ1v) is 6.83. The zero-order chi connectivity index (χ0) is 12.9. The van der Waals surface area contributed by atoms with E-state index in [2.05, 4.69) is 26.8 Å². The van der Waals surface area contributed by atoms with Crippen molar-refractivity contribution in [2.45, 2.75) is 12.8 Å². The minimum Gasteiger partial charge on any atom is -0.382 e. The molecule has 0 saturated carbocycles. The number of nitrogens with zero attached hydrogens (tertiary/aromatic N) is 3. The predicted octanol–water partition coefficient (Wildman–Crippen LogP) is 1.68. The largest absolute Gasteiger partial charge is 0.382 e. The predicted molar refractivity (Wildman–Crippen MR) is 75.4 cm³/mol. The second-order valence-corrected chi connectivity index (χ2v) is 4.92. The SMILES string of the molecule is c1cnc(-n2cccn2)c(NCC2CCCNC2)c1. The molecule has 0 aromatic carbocycles. The van der Waals surface area contributed by atoms with Crippen LogP contribution in [0.2, 0.25) is 0 Å². The van der Waals surface area contributed by atoms with Crippen molar-refractivity contribution >= 4 is 5.69 Å². The first kappa shape index (κ1) is 12.2. The number of nitrogens with one attached hydrogen (secondary N) is 2. The van der Waals surface area contributed by atoms with Crippen molar-refractivity contribution in [3.8, 4) is 5.82 Å². The number of pyridine rings is 1. The van der Waals surface area contributed by atoms with E-state index in [0.717, 1.165) is 31.1 Å². The number of piperidine rings is 1. The van der Waals surface area contributed by atoms with Crippen LogP contribution in [0.25, 0.3) is 5.82 Å². The van der Waals surface area contributed by atoms with Crippen molar-refractivity contribution in [3.05, 3.63) is 36.8 Å². The first-order valence-electron chi connectivity index (χ1n) is 6.83. The van der Waals surface area contributed by atoms with Gasteiger partial charge in [0.1, 0.15) is 0 Å². The van der Waals surface area contributed by atoms with Crippen molar-refractivity contribution in [2.24, 2.45) is 5.92 Å². The zero-order valence-electron chi connectivity index (χ0n) is 10.9. The second kappa shape index (κ2) is 5.84. The van der Waals surface area contributed by atoms with Crippen LogP contribution in [0, 0.1) is 5.92 Å². The van der Waals surface area contributed by atoms with Gasteiger partial charge in [-0.25, -0.2) is 9.67 Å². The molecule has 1 fully saturated rings.